The number of oxazole rings is 1. The van der Waals surface area contributed by atoms with E-state index in [9.17, 15) is 0 Å². The maximum atomic E-state index is 5.67. The second-order valence-corrected chi connectivity index (χ2v) is 5.96. The second kappa shape index (κ2) is 7.56. The Morgan fingerprint density at radius 2 is 2.00 bits per heavy atom. The monoisotopic (exact) mass is 299 g/mol. The first-order chi connectivity index (χ1) is 10.9. The van der Waals surface area contributed by atoms with Crippen LogP contribution >= 0.6 is 0 Å². The first-order valence-corrected chi connectivity index (χ1v) is 8.31. The second-order valence-electron chi connectivity index (χ2n) is 5.96. The topological polar surface area (TPSA) is 41.3 Å². The van der Waals surface area contributed by atoms with Gasteiger partial charge >= 0.3 is 0 Å². The third-order valence-electron chi connectivity index (χ3n) is 4.27. The minimum atomic E-state index is 0.665. The number of hydrogen-bond donors (Lipinski definition) is 1. The van der Waals surface area contributed by atoms with Crippen molar-refractivity contribution in [2.24, 2.45) is 0 Å². The maximum Gasteiger partial charge on any atom is 0.226 e. The van der Waals surface area contributed by atoms with Crippen molar-refractivity contribution in [2.45, 2.75) is 38.8 Å². The summed E-state index contributed by atoms with van der Waals surface area (Å²) in [4.78, 5) is 7.24. The molecule has 0 amide bonds. The maximum absolute atomic E-state index is 5.67. The van der Waals surface area contributed by atoms with E-state index in [2.05, 4.69) is 22.1 Å². The van der Waals surface area contributed by atoms with Gasteiger partial charge in [0, 0.05) is 18.2 Å². The molecule has 1 saturated heterocycles. The molecule has 0 saturated carbocycles. The van der Waals surface area contributed by atoms with Crippen molar-refractivity contribution in [1.82, 2.24) is 15.2 Å². The van der Waals surface area contributed by atoms with E-state index in [0.717, 1.165) is 43.3 Å². The van der Waals surface area contributed by atoms with E-state index in [-0.39, 0.29) is 0 Å². The molecule has 3 rings (SSSR count). The first-order valence-electron chi connectivity index (χ1n) is 8.31. The molecular weight excluding hydrogens is 274 g/mol. The fourth-order valence-electron chi connectivity index (χ4n) is 3.15. The van der Waals surface area contributed by atoms with E-state index >= 15 is 0 Å². The smallest absolute Gasteiger partial charge is 0.226 e. The lowest BCUT2D eigenvalue weighted by atomic mass is 10.0. The van der Waals surface area contributed by atoms with E-state index in [1.165, 1.54) is 19.3 Å². The van der Waals surface area contributed by atoms with Gasteiger partial charge in [0.2, 0.25) is 5.89 Å². The van der Waals surface area contributed by atoms with Crippen LogP contribution in [0.25, 0.3) is 11.5 Å². The third kappa shape index (κ3) is 3.76. The highest BCUT2D eigenvalue weighted by atomic mass is 16.3. The summed E-state index contributed by atoms with van der Waals surface area (Å²) < 4.78 is 5.67. The Kier molecular flexibility index (Phi) is 5.24. The van der Waals surface area contributed by atoms with E-state index < -0.39 is 0 Å². The van der Waals surface area contributed by atoms with Gasteiger partial charge < -0.3 is 9.73 Å². The van der Waals surface area contributed by atoms with Crippen LogP contribution in [0.5, 0.6) is 0 Å². The lowest BCUT2D eigenvalue weighted by Gasteiger charge is -2.33. The van der Waals surface area contributed by atoms with Crippen LogP contribution < -0.4 is 5.32 Å². The van der Waals surface area contributed by atoms with E-state index in [1.54, 1.807) is 0 Å². The zero-order chi connectivity index (χ0) is 15.2. The van der Waals surface area contributed by atoms with Gasteiger partial charge in [0.05, 0.1) is 5.69 Å². The number of aromatic nitrogens is 1. The van der Waals surface area contributed by atoms with E-state index in [4.69, 9.17) is 4.42 Å². The van der Waals surface area contributed by atoms with Crippen LogP contribution in [0, 0.1) is 0 Å². The summed E-state index contributed by atoms with van der Waals surface area (Å²) in [5, 5.41) is 3.44. The molecule has 1 aliphatic rings. The minimum Gasteiger partial charge on any atom is -0.444 e. The van der Waals surface area contributed by atoms with Gasteiger partial charge in [-0.1, -0.05) is 25.1 Å². The van der Waals surface area contributed by atoms with Crippen LogP contribution in [0.2, 0.25) is 0 Å². The summed E-state index contributed by atoms with van der Waals surface area (Å²) in [6, 6.07) is 10.8. The summed E-state index contributed by atoms with van der Waals surface area (Å²) in [6.45, 7) is 6.50. The lowest BCUT2D eigenvalue weighted by Crippen LogP contribution is -2.43. The number of piperidine rings is 1. The number of hydrogen-bond acceptors (Lipinski definition) is 4. The van der Waals surface area contributed by atoms with Crippen molar-refractivity contribution in [2.75, 3.05) is 19.6 Å². The Morgan fingerprint density at radius 1 is 1.23 bits per heavy atom. The largest absolute Gasteiger partial charge is 0.444 e. The first kappa shape index (κ1) is 15.3. The number of benzene rings is 1. The lowest BCUT2D eigenvalue weighted by molar-refractivity contribution is 0.152. The summed E-state index contributed by atoms with van der Waals surface area (Å²) in [6.07, 6.45) is 5.44. The van der Waals surface area contributed by atoms with Crippen LogP contribution in [0.4, 0.5) is 0 Å². The standard InChI is InChI=1S/C18H25N3O/c1-2-12-21(17-8-10-19-11-9-17)13-16-14-22-18(20-16)15-6-4-3-5-7-15/h3-7,14,17,19H,2,8-13H2,1H3. The van der Waals surface area contributed by atoms with Gasteiger partial charge in [-0.15, -0.1) is 0 Å². The predicted molar refractivity (Wildman–Crippen MR) is 88.5 cm³/mol. The average molecular weight is 299 g/mol. The number of rotatable bonds is 6. The normalized spacial score (nSPS) is 16.3. The molecule has 0 unspecified atom stereocenters. The van der Waals surface area contributed by atoms with Gasteiger partial charge in [-0.2, -0.15) is 0 Å². The van der Waals surface area contributed by atoms with Crippen LogP contribution in [0.1, 0.15) is 31.9 Å². The van der Waals surface area contributed by atoms with Crippen molar-refractivity contribution in [3.63, 3.8) is 0 Å². The van der Waals surface area contributed by atoms with Crippen LogP contribution in [-0.2, 0) is 6.54 Å². The number of nitrogens with zero attached hydrogens (tertiary/aromatic N) is 2. The zero-order valence-electron chi connectivity index (χ0n) is 13.3. The predicted octanol–water partition coefficient (Wildman–Crippen LogP) is 3.31. The van der Waals surface area contributed by atoms with Crippen molar-refractivity contribution in [3.05, 3.63) is 42.3 Å². The van der Waals surface area contributed by atoms with Gasteiger partial charge in [0.1, 0.15) is 6.26 Å². The van der Waals surface area contributed by atoms with Gasteiger partial charge in [-0.25, -0.2) is 4.98 Å². The van der Waals surface area contributed by atoms with Crippen LogP contribution in [-0.4, -0.2) is 35.6 Å². The molecule has 0 aliphatic carbocycles. The van der Waals surface area contributed by atoms with Crippen molar-refractivity contribution in [1.29, 1.82) is 0 Å². The van der Waals surface area contributed by atoms with E-state index in [0.29, 0.717) is 6.04 Å². The quantitative estimate of drug-likeness (QED) is 0.888. The Hall–Kier alpha value is -1.65. The summed E-state index contributed by atoms with van der Waals surface area (Å²) in [5.74, 6) is 0.720. The highest BCUT2D eigenvalue weighted by Crippen LogP contribution is 2.20. The SMILES string of the molecule is CCCN(Cc1coc(-c2ccccc2)n1)C1CCNCC1. The molecule has 22 heavy (non-hydrogen) atoms. The summed E-state index contributed by atoms with van der Waals surface area (Å²) in [7, 11) is 0. The molecule has 2 aromatic rings. The van der Waals surface area contributed by atoms with Gasteiger partial charge in [-0.3, -0.25) is 4.90 Å². The number of nitrogens with one attached hydrogen (secondary N) is 1. The molecule has 1 aromatic carbocycles. The van der Waals surface area contributed by atoms with Gasteiger partial charge in [0.15, 0.2) is 0 Å². The van der Waals surface area contributed by atoms with Gasteiger partial charge in [0.25, 0.3) is 0 Å². The minimum absolute atomic E-state index is 0.665. The third-order valence-corrected chi connectivity index (χ3v) is 4.27. The summed E-state index contributed by atoms with van der Waals surface area (Å²) in [5.41, 5.74) is 2.07. The molecule has 118 valence electrons. The fourth-order valence-corrected chi connectivity index (χ4v) is 3.15. The molecule has 0 spiro atoms. The van der Waals surface area contributed by atoms with Crippen LogP contribution in [0.15, 0.2) is 41.0 Å². The molecule has 4 nitrogen and oxygen atoms in total. The molecule has 0 atom stereocenters. The molecule has 1 aliphatic heterocycles. The molecule has 1 aromatic heterocycles. The fraction of sp³-hybridized carbons (Fsp3) is 0.500. The zero-order valence-corrected chi connectivity index (χ0v) is 13.3. The molecular formula is C18H25N3O. The average Bonchev–Trinajstić information content (AvgIpc) is 3.05. The highest BCUT2D eigenvalue weighted by molar-refractivity contribution is 5.52. The van der Waals surface area contributed by atoms with Crippen LogP contribution in [0.3, 0.4) is 0 Å². The highest BCUT2D eigenvalue weighted by Gasteiger charge is 2.21. The molecule has 1 fully saturated rings. The van der Waals surface area contributed by atoms with Crippen molar-refractivity contribution < 1.29 is 4.42 Å². The Balaban J connectivity index is 1.69. The Morgan fingerprint density at radius 3 is 2.73 bits per heavy atom. The molecule has 0 radical (unpaired) electrons. The molecule has 0 bridgehead atoms. The molecule has 1 N–H and O–H groups in total. The van der Waals surface area contributed by atoms with Gasteiger partial charge in [-0.05, 0) is 51.0 Å². The van der Waals surface area contributed by atoms with Crippen molar-refractivity contribution in [3.8, 4) is 11.5 Å². The van der Waals surface area contributed by atoms with Crippen molar-refractivity contribution >= 4 is 0 Å². The summed E-state index contributed by atoms with van der Waals surface area (Å²) >= 11 is 0. The molecule has 2 heterocycles. The molecule has 4 heteroatoms. The van der Waals surface area contributed by atoms with E-state index in [1.807, 2.05) is 36.6 Å². The Labute approximate surface area is 132 Å². The Bertz CT molecular complexity index is 561.